The SMILES string of the molecule is CC[C@H](C)[C@H](NC)C(=O)CN[C@@H](Cc1ccc(O)cc1)C(N)=O. The summed E-state index contributed by atoms with van der Waals surface area (Å²) in [5, 5.41) is 15.3. The molecule has 0 aliphatic carbocycles. The molecule has 0 saturated heterocycles. The van der Waals surface area contributed by atoms with E-state index in [0.29, 0.717) is 6.42 Å². The van der Waals surface area contributed by atoms with Crippen molar-refractivity contribution < 1.29 is 14.7 Å². The Bertz CT molecular complexity index is 516. The number of phenols is 1. The predicted octanol–water partition coefficient (Wildman–Crippen LogP) is 0.581. The van der Waals surface area contributed by atoms with Crippen LogP contribution in [0.25, 0.3) is 0 Å². The fourth-order valence-electron chi connectivity index (χ4n) is 2.47. The van der Waals surface area contributed by atoms with Crippen LogP contribution in [0.4, 0.5) is 0 Å². The molecule has 6 nitrogen and oxygen atoms in total. The van der Waals surface area contributed by atoms with Crippen LogP contribution in [0.15, 0.2) is 24.3 Å². The number of amides is 1. The molecule has 128 valence electrons. The monoisotopic (exact) mass is 321 g/mol. The Morgan fingerprint density at radius 2 is 1.87 bits per heavy atom. The number of rotatable bonds is 10. The number of nitrogens with two attached hydrogens (primary N) is 1. The Kier molecular flexibility index (Phi) is 7.71. The summed E-state index contributed by atoms with van der Waals surface area (Å²) in [6, 6.07) is 5.69. The molecule has 0 fully saturated rings. The van der Waals surface area contributed by atoms with Crippen LogP contribution >= 0.6 is 0 Å². The lowest BCUT2D eigenvalue weighted by molar-refractivity contribution is -0.122. The highest BCUT2D eigenvalue weighted by atomic mass is 16.3. The number of likely N-dealkylation sites (N-methyl/N-ethyl adjacent to an activating group) is 1. The van der Waals surface area contributed by atoms with Crippen LogP contribution < -0.4 is 16.4 Å². The highest BCUT2D eigenvalue weighted by Crippen LogP contribution is 2.12. The highest BCUT2D eigenvalue weighted by Gasteiger charge is 2.24. The van der Waals surface area contributed by atoms with Crippen molar-refractivity contribution in [1.29, 1.82) is 0 Å². The molecule has 0 heterocycles. The second kappa shape index (κ2) is 9.27. The van der Waals surface area contributed by atoms with E-state index in [9.17, 15) is 14.7 Å². The number of carbonyl (C=O) groups excluding carboxylic acids is 2. The van der Waals surface area contributed by atoms with Crippen LogP contribution in [0.2, 0.25) is 0 Å². The minimum Gasteiger partial charge on any atom is -0.508 e. The molecule has 1 rings (SSSR count). The summed E-state index contributed by atoms with van der Waals surface area (Å²) in [7, 11) is 1.76. The first-order valence-electron chi connectivity index (χ1n) is 7.89. The number of hydrogen-bond acceptors (Lipinski definition) is 5. The minimum absolute atomic E-state index is 0.0128. The summed E-state index contributed by atoms with van der Waals surface area (Å²) < 4.78 is 0. The van der Waals surface area contributed by atoms with Gasteiger partial charge in [0.25, 0.3) is 0 Å². The van der Waals surface area contributed by atoms with Crippen molar-refractivity contribution in [2.24, 2.45) is 11.7 Å². The quantitative estimate of drug-likeness (QED) is 0.505. The molecule has 0 unspecified atom stereocenters. The second-order valence-corrected chi connectivity index (χ2v) is 5.82. The summed E-state index contributed by atoms with van der Waals surface area (Å²) in [5.74, 6) is -0.106. The van der Waals surface area contributed by atoms with Gasteiger partial charge < -0.3 is 16.2 Å². The third kappa shape index (κ3) is 6.00. The van der Waals surface area contributed by atoms with Crippen molar-refractivity contribution >= 4 is 11.7 Å². The number of benzene rings is 1. The molecular formula is C17H27N3O3. The molecule has 0 bridgehead atoms. The molecule has 0 aliphatic rings. The molecule has 0 aliphatic heterocycles. The molecule has 1 aromatic rings. The molecule has 23 heavy (non-hydrogen) atoms. The molecule has 3 atom stereocenters. The fraction of sp³-hybridized carbons (Fsp3) is 0.529. The van der Waals surface area contributed by atoms with Gasteiger partial charge in [-0.25, -0.2) is 0 Å². The minimum atomic E-state index is -0.627. The van der Waals surface area contributed by atoms with Crippen molar-refractivity contribution in [3.63, 3.8) is 0 Å². The normalized spacial score (nSPS) is 14.9. The Labute approximate surface area is 137 Å². The van der Waals surface area contributed by atoms with Crippen LogP contribution in [-0.2, 0) is 16.0 Å². The Balaban J connectivity index is 2.64. The van der Waals surface area contributed by atoms with Crippen LogP contribution in [0.5, 0.6) is 5.75 Å². The molecule has 5 N–H and O–H groups in total. The summed E-state index contributed by atoms with van der Waals surface area (Å²) in [6.45, 7) is 4.13. The Hall–Kier alpha value is -1.92. The van der Waals surface area contributed by atoms with Gasteiger partial charge >= 0.3 is 0 Å². The number of phenolic OH excluding ortho intramolecular Hbond substituents is 1. The Morgan fingerprint density at radius 3 is 2.35 bits per heavy atom. The molecule has 1 amide bonds. The van der Waals surface area contributed by atoms with Crippen LogP contribution in [-0.4, -0.2) is 42.5 Å². The molecule has 0 saturated carbocycles. The smallest absolute Gasteiger partial charge is 0.234 e. The van der Waals surface area contributed by atoms with Crippen molar-refractivity contribution in [1.82, 2.24) is 10.6 Å². The summed E-state index contributed by atoms with van der Waals surface area (Å²) in [4.78, 5) is 23.9. The maximum absolute atomic E-state index is 12.3. The largest absolute Gasteiger partial charge is 0.508 e. The second-order valence-electron chi connectivity index (χ2n) is 5.82. The van der Waals surface area contributed by atoms with E-state index >= 15 is 0 Å². The third-order valence-electron chi connectivity index (χ3n) is 4.11. The molecule has 0 spiro atoms. The first kappa shape index (κ1) is 19.1. The molecular weight excluding hydrogens is 294 g/mol. The third-order valence-corrected chi connectivity index (χ3v) is 4.11. The fourth-order valence-corrected chi connectivity index (χ4v) is 2.47. The van der Waals surface area contributed by atoms with E-state index in [1.165, 1.54) is 0 Å². The molecule has 0 radical (unpaired) electrons. The lowest BCUT2D eigenvalue weighted by Gasteiger charge is -2.22. The Morgan fingerprint density at radius 1 is 1.26 bits per heavy atom. The highest BCUT2D eigenvalue weighted by molar-refractivity contribution is 5.87. The van der Waals surface area contributed by atoms with Gasteiger partial charge in [-0.1, -0.05) is 32.4 Å². The van der Waals surface area contributed by atoms with Gasteiger partial charge in [0.05, 0.1) is 18.6 Å². The number of primary amides is 1. The molecule has 0 aromatic heterocycles. The van der Waals surface area contributed by atoms with Crippen molar-refractivity contribution in [3.05, 3.63) is 29.8 Å². The number of ketones is 1. The van der Waals surface area contributed by atoms with E-state index in [-0.39, 0.29) is 30.0 Å². The molecule has 6 heteroatoms. The van der Waals surface area contributed by atoms with Gasteiger partial charge in [-0.3, -0.25) is 14.9 Å². The van der Waals surface area contributed by atoms with Crippen LogP contribution in [0.3, 0.4) is 0 Å². The predicted molar refractivity (Wildman–Crippen MR) is 90.1 cm³/mol. The van der Waals surface area contributed by atoms with E-state index in [2.05, 4.69) is 10.6 Å². The standard InChI is InChI=1S/C17H27N3O3/c1-4-11(2)16(19-3)15(22)10-20-14(17(18)23)9-12-5-7-13(21)8-6-12/h5-8,11,14,16,19-21H,4,9-10H2,1-3H3,(H2,18,23)/t11-,14-,16-/m0/s1. The lowest BCUT2D eigenvalue weighted by Crippen LogP contribution is -2.49. The van der Waals surface area contributed by atoms with Gasteiger partial charge in [0, 0.05) is 0 Å². The first-order chi connectivity index (χ1) is 10.9. The summed E-state index contributed by atoms with van der Waals surface area (Å²) in [6.07, 6.45) is 1.26. The van der Waals surface area contributed by atoms with Crippen LogP contribution in [0, 0.1) is 5.92 Å². The van der Waals surface area contributed by atoms with Gasteiger partial charge in [-0.15, -0.1) is 0 Å². The summed E-state index contributed by atoms with van der Waals surface area (Å²) >= 11 is 0. The number of hydrogen-bond donors (Lipinski definition) is 4. The lowest BCUT2D eigenvalue weighted by atomic mass is 9.95. The van der Waals surface area contributed by atoms with Gasteiger partial charge in [0.15, 0.2) is 5.78 Å². The van der Waals surface area contributed by atoms with Crippen molar-refractivity contribution in [2.45, 2.75) is 38.8 Å². The summed E-state index contributed by atoms with van der Waals surface area (Å²) in [5.41, 5.74) is 6.28. The zero-order valence-electron chi connectivity index (χ0n) is 14.0. The number of Topliss-reactive ketones (excluding diaryl/α,β-unsaturated/α-hetero) is 1. The average Bonchev–Trinajstić information content (AvgIpc) is 2.53. The van der Waals surface area contributed by atoms with Crippen LogP contribution in [0.1, 0.15) is 25.8 Å². The van der Waals surface area contributed by atoms with Gasteiger partial charge in [0.2, 0.25) is 5.91 Å². The molecule has 1 aromatic carbocycles. The van der Waals surface area contributed by atoms with E-state index in [4.69, 9.17) is 5.73 Å². The van der Waals surface area contributed by atoms with E-state index in [0.717, 1.165) is 12.0 Å². The van der Waals surface area contributed by atoms with Gasteiger partial charge in [-0.05, 0) is 37.1 Å². The zero-order valence-corrected chi connectivity index (χ0v) is 14.0. The average molecular weight is 321 g/mol. The number of nitrogens with one attached hydrogen (secondary N) is 2. The van der Waals surface area contributed by atoms with Gasteiger partial charge in [0.1, 0.15) is 5.75 Å². The van der Waals surface area contributed by atoms with Crippen molar-refractivity contribution in [3.8, 4) is 5.75 Å². The van der Waals surface area contributed by atoms with E-state index in [1.807, 2.05) is 13.8 Å². The van der Waals surface area contributed by atoms with E-state index < -0.39 is 11.9 Å². The maximum Gasteiger partial charge on any atom is 0.234 e. The maximum atomic E-state index is 12.3. The van der Waals surface area contributed by atoms with Crippen molar-refractivity contribution in [2.75, 3.05) is 13.6 Å². The van der Waals surface area contributed by atoms with Gasteiger partial charge in [-0.2, -0.15) is 0 Å². The van der Waals surface area contributed by atoms with E-state index in [1.54, 1.807) is 31.3 Å². The number of carbonyl (C=O) groups is 2. The number of aromatic hydroxyl groups is 1. The zero-order chi connectivity index (χ0) is 17.4. The topological polar surface area (TPSA) is 104 Å². The first-order valence-corrected chi connectivity index (χ1v) is 7.89.